The quantitative estimate of drug-likeness (QED) is 0.652. The first-order chi connectivity index (χ1) is 8.64. The summed E-state index contributed by atoms with van der Waals surface area (Å²) in [6, 6.07) is 6.96. The van der Waals surface area contributed by atoms with Crippen molar-refractivity contribution in [2.24, 2.45) is 5.92 Å². The van der Waals surface area contributed by atoms with E-state index in [0.29, 0.717) is 30.8 Å². The molecular formula is C13H14N2O3. The van der Waals surface area contributed by atoms with Crippen molar-refractivity contribution >= 4 is 17.4 Å². The van der Waals surface area contributed by atoms with E-state index in [2.05, 4.69) is 10.6 Å². The third-order valence-corrected chi connectivity index (χ3v) is 3.72. The van der Waals surface area contributed by atoms with Crippen molar-refractivity contribution in [2.45, 2.75) is 12.0 Å². The van der Waals surface area contributed by atoms with E-state index in [-0.39, 0.29) is 5.78 Å². The van der Waals surface area contributed by atoms with Crippen LogP contribution in [0.1, 0.15) is 12.0 Å². The second-order valence-electron chi connectivity index (χ2n) is 4.74. The SMILES string of the molecule is O=C1CCNC[C@H]1[C@]1(O)C(=O)Nc2ccccc21. The number of amides is 1. The topological polar surface area (TPSA) is 78.4 Å². The van der Waals surface area contributed by atoms with Gasteiger partial charge in [-0.1, -0.05) is 18.2 Å². The standard InChI is InChI=1S/C13H14N2O3/c16-11-5-6-14-7-9(11)13(18)8-3-1-2-4-10(8)15-12(13)17/h1-4,9,14,18H,5-7H2,(H,15,17)/t9-,13+/m1/s1. The maximum absolute atomic E-state index is 12.1. The van der Waals surface area contributed by atoms with Crippen LogP contribution in [0.5, 0.6) is 0 Å². The van der Waals surface area contributed by atoms with Crippen LogP contribution in [-0.2, 0) is 15.2 Å². The van der Waals surface area contributed by atoms with Crippen molar-refractivity contribution in [1.29, 1.82) is 0 Å². The molecule has 2 aliphatic heterocycles. The molecule has 0 bridgehead atoms. The molecule has 1 aromatic carbocycles. The Labute approximate surface area is 104 Å². The Bertz CT molecular complexity index is 529. The van der Waals surface area contributed by atoms with E-state index < -0.39 is 17.4 Å². The van der Waals surface area contributed by atoms with E-state index in [1.807, 2.05) is 0 Å². The van der Waals surface area contributed by atoms with E-state index in [1.165, 1.54) is 0 Å². The van der Waals surface area contributed by atoms with Gasteiger partial charge in [-0.15, -0.1) is 0 Å². The van der Waals surface area contributed by atoms with Crippen molar-refractivity contribution in [3.8, 4) is 0 Å². The fourth-order valence-electron chi connectivity index (χ4n) is 2.74. The summed E-state index contributed by atoms with van der Waals surface area (Å²) < 4.78 is 0. The lowest BCUT2D eigenvalue weighted by Crippen LogP contribution is -2.52. The molecule has 5 nitrogen and oxygen atoms in total. The second kappa shape index (κ2) is 3.90. The molecule has 1 aromatic rings. The molecule has 0 aromatic heterocycles. The van der Waals surface area contributed by atoms with Gasteiger partial charge in [0.25, 0.3) is 5.91 Å². The number of aliphatic hydroxyl groups is 1. The molecule has 94 valence electrons. The van der Waals surface area contributed by atoms with Gasteiger partial charge in [0.1, 0.15) is 5.78 Å². The number of piperidine rings is 1. The molecule has 3 rings (SSSR count). The number of carbonyl (C=O) groups is 2. The molecule has 0 unspecified atom stereocenters. The van der Waals surface area contributed by atoms with Gasteiger partial charge in [-0.25, -0.2) is 0 Å². The highest BCUT2D eigenvalue weighted by Crippen LogP contribution is 2.41. The Morgan fingerprint density at radius 2 is 2.06 bits per heavy atom. The van der Waals surface area contributed by atoms with Crippen LogP contribution in [0, 0.1) is 5.92 Å². The van der Waals surface area contributed by atoms with Crippen LogP contribution in [0.2, 0.25) is 0 Å². The minimum absolute atomic E-state index is 0.0666. The summed E-state index contributed by atoms with van der Waals surface area (Å²) in [5.41, 5.74) is -0.651. The minimum atomic E-state index is -1.74. The first kappa shape index (κ1) is 11.4. The van der Waals surface area contributed by atoms with Gasteiger partial charge in [0.2, 0.25) is 0 Å². The monoisotopic (exact) mass is 246 g/mol. The summed E-state index contributed by atoms with van der Waals surface area (Å²) >= 11 is 0. The number of hydrogen-bond donors (Lipinski definition) is 3. The number of benzene rings is 1. The van der Waals surface area contributed by atoms with Gasteiger partial charge in [-0.3, -0.25) is 9.59 Å². The predicted molar refractivity (Wildman–Crippen MR) is 65.0 cm³/mol. The zero-order chi connectivity index (χ0) is 12.8. The smallest absolute Gasteiger partial charge is 0.261 e. The first-order valence-electron chi connectivity index (χ1n) is 6.01. The number of fused-ring (bicyclic) bond motifs is 1. The van der Waals surface area contributed by atoms with E-state index in [1.54, 1.807) is 24.3 Å². The van der Waals surface area contributed by atoms with E-state index in [9.17, 15) is 14.7 Å². The molecule has 1 saturated heterocycles. The molecule has 2 atom stereocenters. The predicted octanol–water partition coefficient (Wildman–Crippen LogP) is 0.00490. The molecule has 5 heteroatoms. The van der Waals surface area contributed by atoms with Crippen LogP contribution in [-0.4, -0.2) is 29.9 Å². The van der Waals surface area contributed by atoms with Gasteiger partial charge >= 0.3 is 0 Å². The average Bonchev–Trinajstić information content (AvgIpc) is 2.63. The summed E-state index contributed by atoms with van der Waals surface area (Å²) in [5.74, 6) is -1.29. The molecule has 0 radical (unpaired) electrons. The maximum atomic E-state index is 12.1. The molecule has 1 amide bonds. The van der Waals surface area contributed by atoms with Gasteiger partial charge in [0.15, 0.2) is 5.60 Å². The summed E-state index contributed by atoms with van der Waals surface area (Å²) in [5, 5.41) is 16.4. The summed E-state index contributed by atoms with van der Waals surface area (Å²) in [6.07, 6.45) is 0.350. The normalized spacial score (nSPS) is 31.1. The molecule has 0 spiro atoms. The number of anilines is 1. The highest BCUT2D eigenvalue weighted by molar-refractivity contribution is 6.08. The fraction of sp³-hybridized carbons (Fsp3) is 0.385. The third kappa shape index (κ3) is 1.41. The number of hydrogen-bond acceptors (Lipinski definition) is 4. The molecule has 0 saturated carbocycles. The van der Waals surface area contributed by atoms with Crippen molar-refractivity contribution < 1.29 is 14.7 Å². The van der Waals surface area contributed by atoms with Gasteiger partial charge in [-0.05, 0) is 6.07 Å². The summed E-state index contributed by atoms with van der Waals surface area (Å²) in [4.78, 5) is 24.0. The Morgan fingerprint density at radius 3 is 2.83 bits per heavy atom. The van der Waals surface area contributed by atoms with Crippen molar-refractivity contribution in [1.82, 2.24) is 5.32 Å². The van der Waals surface area contributed by atoms with Crippen LogP contribution in [0.3, 0.4) is 0 Å². The highest BCUT2D eigenvalue weighted by atomic mass is 16.3. The average molecular weight is 246 g/mol. The molecule has 2 heterocycles. The van der Waals surface area contributed by atoms with E-state index in [4.69, 9.17) is 0 Å². The molecule has 3 N–H and O–H groups in total. The van der Waals surface area contributed by atoms with Crippen LogP contribution in [0.15, 0.2) is 24.3 Å². The Morgan fingerprint density at radius 1 is 1.28 bits per heavy atom. The van der Waals surface area contributed by atoms with Crippen LogP contribution in [0.4, 0.5) is 5.69 Å². The number of rotatable bonds is 1. The van der Waals surface area contributed by atoms with E-state index in [0.717, 1.165) is 0 Å². The van der Waals surface area contributed by atoms with Gasteiger partial charge in [0, 0.05) is 30.8 Å². The van der Waals surface area contributed by atoms with Crippen molar-refractivity contribution in [2.75, 3.05) is 18.4 Å². The lowest BCUT2D eigenvalue weighted by molar-refractivity contribution is -0.149. The number of nitrogens with one attached hydrogen (secondary N) is 2. The Kier molecular flexibility index (Phi) is 2.46. The third-order valence-electron chi connectivity index (χ3n) is 3.72. The highest BCUT2D eigenvalue weighted by Gasteiger charge is 2.53. The van der Waals surface area contributed by atoms with Gasteiger partial charge in [-0.2, -0.15) is 0 Å². The minimum Gasteiger partial charge on any atom is -0.375 e. The first-order valence-corrected chi connectivity index (χ1v) is 6.01. The number of para-hydroxylation sites is 1. The second-order valence-corrected chi connectivity index (χ2v) is 4.74. The van der Waals surface area contributed by atoms with Crippen molar-refractivity contribution in [3.63, 3.8) is 0 Å². The molecule has 2 aliphatic rings. The zero-order valence-corrected chi connectivity index (χ0v) is 9.77. The van der Waals surface area contributed by atoms with E-state index >= 15 is 0 Å². The maximum Gasteiger partial charge on any atom is 0.261 e. The van der Waals surface area contributed by atoms with Crippen LogP contribution < -0.4 is 10.6 Å². The molecule has 18 heavy (non-hydrogen) atoms. The molecule has 1 fully saturated rings. The summed E-state index contributed by atoms with van der Waals surface area (Å²) in [7, 11) is 0. The zero-order valence-electron chi connectivity index (χ0n) is 9.77. The summed E-state index contributed by atoms with van der Waals surface area (Å²) in [6.45, 7) is 0.936. The lowest BCUT2D eigenvalue weighted by atomic mass is 9.77. The lowest BCUT2D eigenvalue weighted by Gasteiger charge is -2.32. The largest absolute Gasteiger partial charge is 0.375 e. The fourth-order valence-corrected chi connectivity index (χ4v) is 2.74. The molecular weight excluding hydrogens is 232 g/mol. The van der Waals surface area contributed by atoms with Gasteiger partial charge < -0.3 is 15.7 Å². The Balaban J connectivity index is 2.08. The number of Topliss-reactive ketones (excluding diaryl/α,β-unsaturated/α-hetero) is 1. The molecule has 0 aliphatic carbocycles. The Hall–Kier alpha value is -1.72. The van der Waals surface area contributed by atoms with Gasteiger partial charge in [0.05, 0.1) is 5.92 Å². The van der Waals surface area contributed by atoms with Crippen LogP contribution >= 0.6 is 0 Å². The van der Waals surface area contributed by atoms with Crippen LogP contribution in [0.25, 0.3) is 0 Å². The van der Waals surface area contributed by atoms with Crippen molar-refractivity contribution in [3.05, 3.63) is 29.8 Å². The number of carbonyl (C=O) groups excluding carboxylic acids is 2. The number of ketones is 1.